The van der Waals surface area contributed by atoms with E-state index in [2.05, 4.69) is 4.98 Å². The van der Waals surface area contributed by atoms with Gasteiger partial charge in [0.1, 0.15) is 24.0 Å². The Morgan fingerprint density at radius 1 is 1.11 bits per heavy atom. The van der Waals surface area contributed by atoms with Crippen LogP contribution >= 0.6 is 0 Å². The van der Waals surface area contributed by atoms with E-state index in [9.17, 15) is 32.6 Å². The molecule has 0 spiro atoms. The Kier molecular flexibility index (Phi) is 8.37. The number of aliphatic hydroxyl groups is 1. The Bertz CT molecular complexity index is 1290. The molecule has 7 nitrogen and oxygen atoms in total. The molecule has 1 aliphatic rings. The number of likely N-dealkylation sites (tertiary alicyclic amines) is 1. The van der Waals surface area contributed by atoms with E-state index in [1.807, 2.05) is 4.90 Å². The number of piperidine rings is 1. The summed E-state index contributed by atoms with van der Waals surface area (Å²) in [7, 11) is 1.47. The van der Waals surface area contributed by atoms with Crippen molar-refractivity contribution in [1.82, 2.24) is 9.88 Å². The quantitative estimate of drug-likeness (QED) is 0.358. The van der Waals surface area contributed by atoms with Crippen LogP contribution in [0.25, 0.3) is 10.9 Å². The van der Waals surface area contributed by atoms with Gasteiger partial charge in [-0.2, -0.15) is 0 Å². The van der Waals surface area contributed by atoms with Gasteiger partial charge < -0.3 is 19.7 Å². The summed E-state index contributed by atoms with van der Waals surface area (Å²) in [6, 6.07) is 5.98. The minimum Gasteiger partial charge on any atom is -0.497 e. The molecule has 0 unspecified atom stereocenters. The van der Waals surface area contributed by atoms with Crippen LogP contribution in [-0.4, -0.2) is 59.4 Å². The molecule has 2 aromatic carbocycles. The van der Waals surface area contributed by atoms with Crippen molar-refractivity contribution in [2.45, 2.75) is 31.8 Å². The van der Waals surface area contributed by atoms with Gasteiger partial charge in [0.15, 0.2) is 17.4 Å². The maximum absolute atomic E-state index is 14.7. The summed E-state index contributed by atoms with van der Waals surface area (Å²) in [5.74, 6) is -5.20. The number of carbonyl (C=O) groups is 1. The molecule has 1 fully saturated rings. The number of carboxylic acids is 1. The molecule has 1 aromatic heterocycles. The molecule has 0 amide bonds. The molecule has 11 heteroatoms. The summed E-state index contributed by atoms with van der Waals surface area (Å²) in [4.78, 5) is 18.2. The molecule has 204 valence electrons. The van der Waals surface area contributed by atoms with Crippen LogP contribution in [0.1, 0.15) is 37.4 Å². The third-order valence-corrected chi connectivity index (χ3v) is 7.18. The van der Waals surface area contributed by atoms with Gasteiger partial charge in [0, 0.05) is 29.6 Å². The Labute approximate surface area is 216 Å². The van der Waals surface area contributed by atoms with Crippen LogP contribution in [0.5, 0.6) is 11.5 Å². The van der Waals surface area contributed by atoms with E-state index < -0.39 is 46.5 Å². The first kappa shape index (κ1) is 27.6. The number of rotatable bonds is 10. The summed E-state index contributed by atoms with van der Waals surface area (Å²) < 4.78 is 65.6. The van der Waals surface area contributed by atoms with Crippen molar-refractivity contribution in [2.24, 2.45) is 5.41 Å². The average molecular weight is 537 g/mol. The molecule has 0 aliphatic carbocycles. The zero-order chi connectivity index (χ0) is 27.4. The predicted octanol–water partition coefficient (Wildman–Crippen LogP) is 4.86. The van der Waals surface area contributed by atoms with Crippen LogP contribution in [0, 0.1) is 28.7 Å². The number of benzene rings is 2. The van der Waals surface area contributed by atoms with E-state index in [0.717, 1.165) is 6.20 Å². The number of carboxylic acid groups (broad SMARTS) is 1. The molecule has 3 aromatic rings. The molecule has 2 heterocycles. The fourth-order valence-electron chi connectivity index (χ4n) is 4.91. The lowest BCUT2D eigenvalue weighted by Crippen LogP contribution is -2.45. The number of halogens is 4. The lowest BCUT2D eigenvalue weighted by Gasteiger charge is -2.39. The number of fused-ring (bicyclic) bond motifs is 1. The first-order valence-corrected chi connectivity index (χ1v) is 12.2. The summed E-state index contributed by atoms with van der Waals surface area (Å²) >= 11 is 0. The van der Waals surface area contributed by atoms with Crippen LogP contribution in [0.15, 0.2) is 36.5 Å². The Hall–Kier alpha value is -3.44. The second kappa shape index (κ2) is 11.5. The van der Waals surface area contributed by atoms with Gasteiger partial charge in [-0.3, -0.25) is 14.7 Å². The number of aromatic nitrogens is 1. The summed E-state index contributed by atoms with van der Waals surface area (Å²) in [5, 5.41) is 21.3. The number of aliphatic carboxylic acids is 1. The number of pyridine rings is 1. The summed E-state index contributed by atoms with van der Waals surface area (Å²) in [6.07, 6.45) is 0.447. The highest BCUT2D eigenvalue weighted by molar-refractivity contribution is 5.84. The van der Waals surface area contributed by atoms with Crippen molar-refractivity contribution < 1.29 is 42.0 Å². The zero-order valence-electron chi connectivity index (χ0n) is 20.7. The molecule has 1 saturated heterocycles. The van der Waals surface area contributed by atoms with Gasteiger partial charge in [0.2, 0.25) is 0 Å². The number of ether oxygens (including phenoxy) is 2. The monoisotopic (exact) mass is 536 g/mol. The van der Waals surface area contributed by atoms with Crippen molar-refractivity contribution in [3.8, 4) is 11.5 Å². The molecule has 0 radical (unpaired) electrons. The highest BCUT2D eigenvalue weighted by Crippen LogP contribution is 2.40. The second-order valence-corrected chi connectivity index (χ2v) is 9.43. The fraction of sp³-hybridized carbons (Fsp3) is 0.407. The summed E-state index contributed by atoms with van der Waals surface area (Å²) in [5.41, 5.74) is -0.598. The largest absolute Gasteiger partial charge is 0.497 e. The van der Waals surface area contributed by atoms with E-state index in [1.54, 1.807) is 18.2 Å². The lowest BCUT2D eigenvalue weighted by molar-refractivity contribution is -0.153. The third kappa shape index (κ3) is 5.83. The first-order chi connectivity index (χ1) is 18.1. The van der Waals surface area contributed by atoms with E-state index in [4.69, 9.17) is 9.47 Å². The Morgan fingerprint density at radius 2 is 1.79 bits per heavy atom. The van der Waals surface area contributed by atoms with Gasteiger partial charge in [-0.25, -0.2) is 17.6 Å². The van der Waals surface area contributed by atoms with Crippen LogP contribution in [0.2, 0.25) is 0 Å². The molecular weight excluding hydrogens is 508 g/mol. The van der Waals surface area contributed by atoms with Crippen LogP contribution in [-0.2, 0) is 4.79 Å². The number of nitrogens with zero attached hydrogens (tertiary/aromatic N) is 2. The number of hydrogen-bond donors (Lipinski definition) is 2. The molecule has 38 heavy (non-hydrogen) atoms. The molecule has 4 rings (SSSR count). The molecule has 1 atom stereocenters. The zero-order valence-corrected chi connectivity index (χ0v) is 20.7. The van der Waals surface area contributed by atoms with Crippen molar-refractivity contribution in [2.75, 3.05) is 33.4 Å². The minimum atomic E-state index is -1.25. The van der Waals surface area contributed by atoms with Gasteiger partial charge in [-0.05, 0) is 57.0 Å². The van der Waals surface area contributed by atoms with Gasteiger partial charge >= 0.3 is 5.97 Å². The van der Waals surface area contributed by atoms with Crippen LogP contribution in [0.3, 0.4) is 0 Å². The highest BCUT2D eigenvalue weighted by atomic mass is 19.1. The maximum atomic E-state index is 14.7. The molecule has 1 aliphatic heterocycles. The van der Waals surface area contributed by atoms with Gasteiger partial charge in [0.25, 0.3) is 0 Å². The van der Waals surface area contributed by atoms with E-state index >= 15 is 0 Å². The summed E-state index contributed by atoms with van der Waals surface area (Å²) in [6.45, 7) is 0.967. The number of methoxy groups -OCH3 is 1. The van der Waals surface area contributed by atoms with Gasteiger partial charge in [0.05, 0.1) is 30.3 Å². The molecule has 0 saturated carbocycles. The first-order valence-electron chi connectivity index (χ1n) is 12.2. The van der Waals surface area contributed by atoms with Gasteiger partial charge in [-0.1, -0.05) is 0 Å². The van der Waals surface area contributed by atoms with Crippen molar-refractivity contribution in [1.29, 1.82) is 0 Å². The lowest BCUT2D eigenvalue weighted by atomic mass is 9.74. The number of hydrogen-bond acceptors (Lipinski definition) is 6. The topological polar surface area (TPSA) is 92.1 Å². The smallest absolute Gasteiger partial charge is 0.309 e. The minimum absolute atomic E-state index is 0.0196. The molecule has 0 bridgehead atoms. The van der Waals surface area contributed by atoms with E-state index in [-0.39, 0.29) is 44.4 Å². The third-order valence-electron chi connectivity index (χ3n) is 7.18. The highest BCUT2D eigenvalue weighted by Gasteiger charge is 2.41. The van der Waals surface area contributed by atoms with Crippen LogP contribution in [0.4, 0.5) is 17.6 Å². The Morgan fingerprint density at radius 3 is 2.42 bits per heavy atom. The number of aliphatic hydroxyl groups excluding tert-OH is 1. The Balaban J connectivity index is 1.37. The average Bonchev–Trinajstić information content (AvgIpc) is 2.89. The van der Waals surface area contributed by atoms with E-state index in [1.165, 1.54) is 7.11 Å². The molecule has 2 N–H and O–H groups in total. The van der Waals surface area contributed by atoms with Gasteiger partial charge in [-0.15, -0.1) is 0 Å². The fourth-order valence-corrected chi connectivity index (χ4v) is 4.91. The van der Waals surface area contributed by atoms with Crippen molar-refractivity contribution in [3.05, 3.63) is 65.4 Å². The van der Waals surface area contributed by atoms with E-state index in [0.29, 0.717) is 41.9 Å². The maximum Gasteiger partial charge on any atom is 0.309 e. The van der Waals surface area contributed by atoms with Crippen molar-refractivity contribution >= 4 is 16.9 Å². The second-order valence-electron chi connectivity index (χ2n) is 9.43. The van der Waals surface area contributed by atoms with Crippen LogP contribution < -0.4 is 9.47 Å². The molecular formula is C27H28F4N2O5. The van der Waals surface area contributed by atoms with Crippen molar-refractivity contribution in [3.63, 3.8) is 0 Å². The normalized spacial score (nSPS) is 16.4. The standard InChI is InChI=1S/C27H28F4N2O5/c1-37-17-2-3-22-18(14-17)24(21(31)15-32-22)23(34)4-5-27(26(35)36)6-8-33(9-7-27)10-11-38-25-19(29)12-16(28)13-20(25)30/h2-3,12-15,23,34H,4-11H2,1H3,(H,35,36)/t23-/m1/s1. The predicted molar refractivity (Wildman–Crippen MR) is 130 cm³/mol. The SMILES string of the molecule is COc1ccc2ncc(F)c([C@H](O)CCC3(C(=O)O)CCN(CCOc4c(F)cc(F)cc4F)CC3)c2c1.